The molecule has 0 bridgehead atoms. The molecule has 5 heteroatoms. The highest BCUT2D eigenvalue weighted by atomic mass is 16.4. The van der Waals surface area contributed by atoms with Crippen LogP contribution in [0.15, 0.2) is 5.16 Å². The molecule has 5 nitrogen and oxygen atoms in total. The van der Waals surface area contributed by atoms with Crippen molar-refractivity contribution in [2.45, 2.75) is 32.7 Å². The molecule has 1 aliphatic carbocycles. The number of hydrogen-bond donors (Lipinski definition) is 2. The average molecular weight is 199 g/mol. The van der Waals surface area contributed by atoms with E-state index in [0.717, 1.165) is 12.8 Å². The van der Waals surface area contributed by atoms with Crippen molar-refractivity contribution in [1.82, 2.24) is 4.90 Å². The Hall–Kier alpha value is -1.26. The predicted octanol–water partition coefficient (Wildman–Crippen LogP) is 0.380. The first-order valence-corrected chi connectivity index (χ1v) is 4.83. The van der Waals surface area contributed by atoms with E-state index in [0.29, 0.717) is 0 Å². The molecule has 0 radical (unpaired) electrons. The molecule has 14 heavy (non-hydrogen) atoms. The number of hydrogen-bond acceptors (Lipinski definition) is 3. The minimum Gasteiger partial charge on any atom is -0.409 e. The fourth-order valence-electron chi connectivity index (χ4n) is 1.29. The summed E-state index contributed by atoms with van der Waals surface area (Å²) in [7, 11) is 0. The van der Waals surface area contributed by atoms with Crippen molar-refractivity contribution in [2.75, 3.05) is 6.54 Å². The second-order valence-corrected chi connectivity index (χ2v) is 3.93. The smallest absolute Gasteiger partial charge is 0.226 e. The average Bonchev–Trinajstić information content (AvgIpc) is 2.95. The highest BCUT2D eigenvalue weighted by Crippen LogP contribution is 2.31. The number of nitrogens with zero attached hydrogens (tertiary/aromatic N) is 2. The molecule has 0 unspecified atom stereocenters. The van der Waals surface area contributed by atoms with Gasteiger partial charge >= 0.3 is 0 Å². The first kappa shape index (κ1) is 10.8. The SMILES string of the molecule is CC(C)N(CC(N)=NO)C(=O)C1CC1. The highest BCUT2D eigenvalue weighted by Gasteiger charge is 2.34. The number of nitrogens with two attached hydrogens (primary N) is 1. The second kappa shape index (κ2) is 4.30. The number of carbonyl (C=O) groups excluding carboxylic acids is 1. The van der Waals surface area contributed by atoms with E-state index >= 15 is 0 Å². The molecule has 80 valence electrons. The third-order valence-electron chi connectivity index (χ3n) is 2.29. The summed E-state index contributed by atoms with van der Waals surface area (Å²) in [5.41, 5.74) is 5.38. The van der Waals surface area contributed by atoms with Gasteiger partial charge in [-0.2, -0.15) is 0 Å². The van der Waals surface area contributed by atoms with Gasteiger partial charge in [-0.1, -0.05) is 5.16 Å². The van der Waals surface area contributed by atoms with Crippen LogP contribution in [0.1, 0.15) is 26.7 Å². The van der Waals surface area contributed by atoms with E-state index < -0.39 is 0 Å². The molecule has 1 rings (SSSR count). The van der Waals surface area contributed by atoms with E-state index in [9.17, 15) is 4.79 Å². The van der Waals surface area contributed by atoms with Crippen LogP contribution in [0.2, 0.25) is 0 Å². The number of carbonyl (C=O) groups is 1. The summed E-state index contributed by atoms with van der Waals surface area (Å²) in [5, 5.41) is 11.3. The van der Waals surface area contributed by atoms with E-state index in [-0.39, 0.29) is 30.2 Å². The Morgan fingerprint density at radius 1 is 1.64 bits per heavy atom. The largest absolute Gasteiger partial charge is 0.409 e. The summed E-state index contributed by atoms with van der Waals surface area (Å²) in [6, 6.07) is 0.0865. The summed E-state index contributed by atoms with van der Waals surface area (Å²) < 4.78 is 0. The Balaban J connectivity index is 2.58. The lowest BCUT2D eigenvalue weighted by Gasteiger charge is -2.26. The number of rotatable bonds is 4. The van der Waals surface area contributed by atoms with Gasteiger partial charge in [0.15, 0.2) is 5.84 Å². The Bertz CT molecular complexity index is 246. The van der Waals surface area contributed by atoms with Gasteiger partial charge in [-0.05, 0) is 26.7 Å². The number of oxime groups is 1. The molecular weight excluding hydrogens is 182 g/mol. The molecule has 0 aromatic rings. The van der Waals surface area contributed by atoms with Gasteiger partial charge in [-0.15, -0.1) is 0 Å². The van der Waals surface area contributed by atoms with Crippen molar-refractivity contribution in [2.24, 2.45) is 16.8 Å². The van der Waals surface area contributed by atoms with Gasteiger partial charge in [0.1, 0.15) is 0 Å². The zero-order valence-electron chi connectivity index (χ0n) is 8.60. The minimum atomic E-state index is 0.0766. The van der Waals surface area contributed by atoms with E-state index in [1.165, 1.54) is 0 Å². The molecule has 3 N–H and O–H groups in total. The maximum atomic E-state index is 11.7. The Morgan fingerprint density at radius 2 is 2.21 bits per heavy atom. The summed E-state index contributed by atoms with van der Waals surface area (Å²) in [5.74, 6) is 0.364. The topological polar surface area (TPSA) is 78.9 Å². The molecule has 0 saturated heterocycles. The van der Waals surface area contributed by atoms with Crippen LogP contribution >= 0.6 is 0 Å². The monoisotopic (exact) mass is 199 g/mol. The summed E-state index contributed by atoms with van der Waals surface area (Å²) in [6.45, 7) is 4.05. The van der Waals surface area contributed by atoms with Crippen molar-refractivity contribution in [1.29, 1.82) is 0 Å². The number of amidine groups is 1. The lowest BCUT2D eigenvalue weighted by Crippen LogP contribution is -2.43. The highest BCUT2D eigenvalue weighted by molar-refractivity contribution is 5.88. The van der Waals surface area contributed by atoms with Gasteiger partial charge in [-0.3, -0.25) is 4.79 Å². The second-order valence-electron chi connectivity index (χ2n) is 3.93. The maximum Gasteiger partial charge on any atom is 0.226 e. The van der Waals surface area contributed by atoms with Gasteiger partial charge in [0, 0.05) is 12.0 Å². The van der Waals surface area contributed by atoms with E-state index in [1.807, 2.05) is 13.8 Å². The standard InChI is InChI=1S/C9H17N3O2/c1-6(2)12(5-8(10)11-14)9(13)7-3-4-7/h6-7,14H,3-5H2,1-2H3,(H2,10,11). The van der Waals surface area contributed by atoms with Crippen molar-refractivity contribution < 1.29 is 10.0 Å². The molecule has 1 saturated carbocycles. The van der Waals surface area contributed by atoms with Crippen LogP contribution in [-0.2, 0) is 4.79 Å². The molecule has 0 aliphatic heterocycles. The van der Waals surface area contributed by atoms with Crippen LogP contribution in [0.3, 0.4) is 0 Å². The predicted molar refractivity (Wildman–Crippen MR) is 53.0 cm³/mol. The third-order valence-corrected chi connectivity index (χ3v) is 2.29. The first-order chi connectivity index (χ1) is 6.56. The maximum absolute atomic E-state index is 11.7. The molecule has 1 amide bonds. The molecule has 0 spiro atoms. The molecule has 1 aliphatic rings. The zero-order chi connectivity index (χ0) is 10.7. The van der Waals surface area contributed by atoms with Crippen LogP contribution < -0.4 is 5.73 Å². The van der Waals surface area contributed by atoms with Crippen LogP contribution in [-0.4, -0.2) is 34.4 Å². The first-order valence-electron chi connectivity index (χ1n) is 4.83. The zero-order valence-corrected chi connectivity index (χ0v) is 8.60. The van der Waals surface area contributed by atoms with Crippen LogP contribution in [0, 0.1) is 5.92 Å². The summed E-state index contributed by atoms with van der Waals surface area (Å²) in [4.78, 5) is 13.4. The molecule has 1 fully saturated rings. The third kappa shape index (κ3) is 2.61. The minimum absolute atomic E-state index is 0.0766. The summed E-state index contributed by atoms with van der Waals surface area (Å²) >= 11 is 0. The van der Waals surface area contributed by atoms with E-state index in [2.05, 4.69) is 5.16 Å². The van der Waals surface area contributed by atoms with Gasteiger partial charge in [0.05, 0.1) is 6.54 Å². The Kier molecular flexibility index (Phi) is 3.33. The normalized spacial score (nSPS) is 17.2. The van der Waals surface area contributed by atoms with Gasteiger partial charge in [0.25, 0.3) is 0 Å². The van der Waals surface area contributed by atoms with Crippen molar-refractivity contribution in [3.63, 3.8) is 0 Å². The molecule has 0 aromatic heterocycles. The molecule has 0 atom stereocenters. The Labute approximate surface area is 83.6 Å². The summed E-state index contributed by atoms with van der Waals surface area (Å²) in [6.07, 6.45) is 1.94. The quantitative estimate of drug-likeness (QED) is 0.297. The Morgan fingerprint density at radius 3 is 2.57 bits per heavy atom. The molecule has 0 heterocycles. The van der Waals surface area contributed by atoms with Crippen LogP contribution in [0.4, 0.5) is 0 Å². The lowest BCUT2D eigenvalue weighted by molar-refractivity contribution is -0.133. The van der Waals surface area contributed by atoms with Crippen LogP contribution in [0.25, 0.3) is 0 Å². The fraction of sp³-hybridized carbons (Fsp3) is 0.778. The van der Waals surface area contributed by atoms with Gasteiger partial charge in [0.2, 0.25) is 5.91 Å². The van der Waals surface area contributed by atoms with E-state index in [4.69, 9.17) is 10.9 Å². The fourth-order valence-corrected chi connectivity index (χ4v) is 1.29. The number of amides is 1. The molecule has 0 aromatic carbocycles. The van der Waals surface area contributed by atoms with Crippen LogP contribution in [0.5, 0.6) is 0 Å². The van der Waals surface area contributed by atoms with Crippen molar-refractivity contribution >= 4 is 11.7 Å². The lowest BCUT2D eigenvalue weighted by atomic mass is 10.2. The molecular formula is C9H17N3O2. The van der Waals surface area contributed by atoms with Crippen molar-refractivity contribution in [3.8, 4) is 0 Å². The van der Waals surface area contributed by atoms with Gasteiger partial charge in [-0.25, -0.2) is 0 Å². The van der Waals surface area contributed by atoms with E-state index in [1.54, 1.807) is 4.90 Å². The van der Waals surface area contributed by atoms with Crippen molar-refractivity contribution in [3.05, 3.63) is 0 Å². The van der Waals surface area contributed by atoms with Gasteiger partial charge < -0.3 is 15.8 Å².